The minimum absolute atomic E-state index is 0.115. The Morgan fingerprint density at radius 3 is 2.92 bits per heavy atom. The maximum atomic E-state index is 12.4. The number of aryl methyl sites for hydroxylation is 1. The van der Waals surface area contributed by atoms with Crippen molar-refractivity contribution in [3.8, 4) is 5.75 Å². The molecule has 2 aliphatic heterocycles. The molecule has 0 unspecified atom stereocenters. The largest absolute Gasteiger partial charge is 0.493 e. The number of furan rings is 1. The Morgan fingerprint density at radius 1 is 1.15 bits per heavy atom. The van der Waals surface area contributed by atoms with E-state index in [-0.39, 0.29) is 5.91 Å². The van der Waals surface area contributed by atoms with Gasteiger partial charge in [-0.2, -0.15) is 0 Å². The van der Waals surface area contributed by atoms with Crippen LogP contribution in [-0.4, -0.2) is 43.7 Å². The third-order valence-corrected chi connectivity index (χ3v) is 4.83. The summed E-state index contributed by atoms with van der Waals surface area (Å²) < 4.78 is 16.5. The Kier molecular flexibility index (Phi) is 5.22. The summed E-state index contributed by atoms with van der Waals surface area (Å²) in [6.45, 7) is 5.28. The van der Waals surface area contributed by atoms with Crippen molar-refractivity contribution in [3.05, 3.63) is 53.0 Å². The lowest BCUT2D eigenvalue weighted by Gasteiger charge is -2.25. The Hall–Kier alpha value is -2.31. The van der Waals surface area contributed by atoms with Crippen LogP contribution in [0.15, 0.2) is 34.9 Å². The van der Waals surface area contributed by atoms with Crippen molar-refractivity contribution in [2.45, 2.75) is 25.9 Å². The van der Waals surface area contributed by atoms with Gasteiger partial charge in [0.05, 0.1) is 31.9 Å². The van der Waals surface area contributed by atoms with Gasteiger partial charge >= 0.3 is 0 Å². The summed E-state index contributed by atoms with van der Waals surface area (Å²) in [5, 5.41) is 2.97. The van der Waals surface area contributed by atoms with Gasteiger partial charge in [0.1, 0.15) is 17.8 Å². The topological polar surface area (TPSA) is 63.9 Å². The van der Waals surface area contributed by atoms with Crippen LogP contribution in [-0.2, 0) is 24.2 Å². The molecule has 1 aromatic heterocycles. The summed E-state index contributed by atoms with van der Waals surface area (Å²) >= 11 is 0. The van der Waals surface area contributed by atoms with Crippen molar-refractivity contribution in [1.29, 1.82) is 0 Å². The Balaban J connectivity index is 1.32. The quantitative estimate of drug-likeness (QED) is 0.891. The summed E-state index contributed by atoms with van der Waals surface area (Å²) in [5.74, 6) is 1.66. The molecule has 1 saturated heterocycles. The first-order valence-corrected chi connectivity index (χ1v) is 9.18. The van der Waals surface area contributed by atoms with E-state index < -0.39 is 0 Å². The molecule has 2 aromatic rings. The smallest absolute Gasteiger partial charge is 0.254 e. The predicted octanol–water partition coefficient (Wildman–Crippen LogP) is 2.37. The lowest BCUT2D eigenvalue weighted by Crippen LogP contribution is -2.35. The third kappa shape index (κ3) is 4.08. The molecule has 26 heavy (non-hydrogen) atoms. The van der Waals surface area contributed by atoms with E-state index in [1.165, 1.54) is 11.8 Å². The molecule has 0 saturated carbocycles. The Labute approximate surface area is 153 Å². The van der Waals surface area contributed by atoms with E-state index >= 15 is 0 Å². The second-order valence-corrected chi connectivity index (χ2v) is 6.77. The lowest BCUT2D eigenvalue weighted by atomic mass is 10.0. The summed E-state index contributed by atoms with van der Waals surface area (Å²) in [5.41, 5.74) is 2.87. The molecule has 1 N–H and O–H groups in total. The molecule has 3 heterocycles. The first kappa shape index (κ1) is 17.1. The maximum absolute atomic E-state index is 12.4. The normalized spacial score (nSPS) is 17.4. The first-order valence-electron chi connectivity index (χ1n) is 9.18. The fourth-order valence-corrected chi connectivity index (χ4v) is 3.37. The van der Waals surface area contributed by atoms with Gasteiger partial charge in [-0.05, 0) is 36.1 Å². The second-order valence-electron chi connectivity index (χ2n) is 6.77. The summed E-state index contributed by atoms with van der Waals surface area (Å²) in [7, 11) is 0. The Bertz CT molecular complexity index is 765. The van der Waals surface area contributed by atoms with E-state index in [1.807, 2.05) is 18.2 Å². The van der Waals surface area contributed by atoms with Crippen molar-refractivity contribution in [1.82, 2.24) is 10.2 Å². The number of hydrogen-bond donors (Lipinski definition) is 1. The summed E-state index contributed by atoms with van der Waals surface area (Å²) in [4.78, 5) is 14.6. The van der Waals surface area contributed by atoms with Crippen LogP contribution in [0.2, 0.25) is 0 Å². The zero-order chi connectivity index (χ0) is 17.8. The van der Waals surface area contributed by atoms with Gasteiger partial charge in [0.15, 0.2) is 0 Å². The second kappa shape index (κ2) is 7.93. The highest BCUT2D eigenvalue weighted by atomic mass is 16.5. The van der Waals surface area contributed by atoms with Crippen molar-refractivity contribution >= 4 is 5.91 Å². The average Bonchev–Trinajstić information content (AvgIpc) is 3.15. The van der Waals surface area contributed by atoms with Gasteiger partial charge in [0.2, 0.25) is 0 Å². The molecule has 0 aliphatic carbocycles. The zero-order valence-electron chi connectivity index (χ0n) is 14.8. The van der Waals surface area contributed by atoms with Crippen LogP contribution in [0.3, 0.4) is 0 Å². The van der Waals surface area contributed by atoms with E-state index in [4.69, 9.17) is 13.9 Å². The van der Waals surface area contributed by atoms with Gasteiger partial charge in [0.25, 0.3) is 5.91 Å². The number of carbonyl (C=O) groups excluding carboxylic acids is 1. The fourth-order valence-electron chi connectivity index (χ4n) is 3.37. The fraction of sp³-hybridized carbons (Fsp3) is 0.450. The number of nitrogens with zero attached hydrogens (tertiary/aromatic N) is 1. The zero-order valence-corrected chi connectivity index (χ0v) is 14.8. The number of fused-ring (bicyclic) bond motifs is 1. The molecule has 1 amide bonds. The van der Waals surface area contributed by atoms with E-state index in [1.54, 1.807) is 0 Å². The molecule has 0 atom stereocenters. The lowest BCUT2D eigenvalue weighted by molar-refractivity contribution is 0.0313. The Morgan fingerprint density at radius 2 is 2.04 bits per heavy atom. The molecule has 0 radical (unpaired) electrons. The molecule has 0 spiro atoms. The molecule has 1 fully saturated rings. The van der Waals surface area contributed by atoms with Gasteiger partial charge in [-0.3, -0.25) is 9.69 Å². The highest BCUT2D eigenvalue weighted by Gasteiger charge is 2.16. The number of morpholine rings is 1. The van der Waals surface area contributed by atoms with E-state index in [2.05, 4.69) is 16.3 Å². The maximum Gasteiger partial charge on any atom is 0.254 e. The van der Waals surface area contributed by atoms with Crippen molar-refractivity contribution in [2.24, 2.45) is 0 Å². The van der Waals surface area contributed by atoms with Crippen molar-refractivity contribution in [3.63, 3.8) is 0 Å². The van der Waals surface area contributed by atoms with Crippen LogP contribution < -0.4 is 10.1 Å². The molecule has 138 valence electrons. The van der Waals surface area contributed by atoms with E-state index in [0.717, 1.165) is 62.8 Å². The molecule has 6 heteroatoms. The highest BCUT2D eigenvalue weighted by Crippen LogP contribution is 2.25. The minimum Gasteiger partial charge on any atom is -0.493 e. The van der Waals surface area contributed by atoms with Crippen molar-refractivity contribution < 1.29 is 18.7 Å². The van der Waals surface area contributed by atoms with Crippen LogP contribution in [0.5, 0.6) is 5.75 Å². The number of carbonyl (C=O) groups is 1. The van der Waals surface area contributed by atoms with Gasteiger partial charge in [-0.15, -0.1) is 0 Å². The first-order chi connectivity index (χ1) is 12.8. The summed E-state index contributed by atoms with van der Waals surface area (Å²) in [6, 6.07) is 7.94. The number of nitrogens with one attached hydrogen (secondary N) is 1. The number of rotatable bonds is 5. The van der Waals surface area contributed by atoms with Gasteiger partial charge in [-0.1, -0.05) is 12.1 Å². The van der Waals surface area contributed by atoms with Crippen LogP contribution in [0.1, 0.15) is 33.7 Å². The van der Waals surface area contributed by atoms with Crippen LogP contribution in [0, 0.1) is 0 Å². The molecular weight excluding hydrogens is 332 g/mol. The molecule has 4 rings (SSSR count). The highest BCUT2D eigenvalue weighted by molar-refractivity contribution is 5.93. The van der Waals surface area contributed by atoms with Gasteiger partial charge in [0, 0.05) is 19.6 Å². The number of ether oxygens (including phenoxy) is 2. The standard InChI is InChI=1S/C20H24N2O4/c23-20(17-11-18(26-14-17)13-22-5-8-24-9-6-22)21-12-15-3-4-19-16(10-15)2-1-7-25-19/h3-4,10-11,14H,1-2,5-9,12-13H2,(H,21,23). The molecule has 6 nitrogen and oxygen atoms in total. The van der Waals surface area contributed by atoms with E-state index in [0.29, 0.717) is 18.7 Å². The van der Waals surface area contributed by atoms with Gasteiger partial charge in [-0.25, -0.2) is 0 Å². The van der Waals surface area contributed by atoms with E-state index in [9.17, 15) is 4.79 Å². The SMILES string of the molecule is O=C(NCc1ccc2c(c1)CCCO2)c1coc(CN2CCOCC2)c1. The van der Waals surface area contributed by atoms with Crippen molar-refractivity contribution in [2.75, 3.05) is 32.9 Å². The number of benzene rings is 1. The predicted molar refractivity (Wildman–Crippen MR) is 96.2 cm³/mol. The average molecular weight is 356 g/mol. The molecular formula is C20H24N2O4. The van der Waals surface area contributed by atoms with Gasteiger partial charge < -0.3 is 19.2 Å². The number of hydrogen-bond acceptors (Lipinski definition) is 5. The molecule has 0 bridgehead atoms. The monoisotopic (exact) mass is 356 g/mol. The molecule has 1 aromatic carbocycles. The molecule has 2 aliphatic rings. The van der Waals surface area contributed by atoms with Crippen LogP contribution in [0.25, 0.3) is 0 Å². The minimum atomic E-state index is -0.115. The number of amides is 1. The summed E-state index contributed by atoms with van der Waals surface area (Å²) in [6.07, 6.45) is 3.61. The third-order valence-electron chi connectivity index (χ3n) is 4.83. The van der Waals surface area contributed by atoms with Crippen LogP contribution >= 0.6 is 0 Å². The van der Waals surface area contributed by atoms with Crippen LogP contribution in [0.4, 0.5) is 0 Å².